The van der Waals surface area contributed by atoms with Gasteiger partial charge in [-0.2, -0.15) is 0 Å². The van der Waals surface area contributed by atoms with Crippen LogP contribution < -0.4 is 5.32 Å². The first kappa shape index (κ1) is 39.8. The van der Waals surface area contributed by atoms with Crippen molar-refractivity contribution in [3.63, 3.8) is 0 Å². The van der Waals surface area contributed by atoms with Gasteiger partial charge in [-0.1, -0.05) is 141 Å². The summed E-state index contributed by atoms with van der Waals surface area (Å²) in [6.45, 7) is 3.88. The van der Waals surface area contributed by atoms with E-state index >= 15 is 0 Å². The second kappa shape index (κ2) is 30.3. The molecule has 6 heteroatoms. The summed E-state index contributed by atoms with van der Waals surface area (Å²) in [4.78, 5) is 12.4. The van der Waals surface area contributed by atoms with Gasteiger partial charge in [0, 0.05) is 0 Å². The summed E-state index contributed by atoms with van der Waals surface area (Å²) in [6, 6.07) is -1.00. The molecule has 0 aliphatic heterocycles. The minimum absolute atomic E-state index is 0.363. The molecule has 242 valence electrons. The lowest BCUT2D eigenvalue weighted by Gasteiger charge is -2.27. The van der Waals surface area contributed by atoms with E-state index < -0.39 is 36.9 Å². The Hall–Kier alpha value is -1.21. The van der Waals surface area contributed by atoms with Crippen LogP contribution in [0.3, 0.4) is 0 Å². The molecule has 0 saturated carbocycles. The zero-order valence-electron chi connectivity index (χ0n) is 26.8. The van der Waals surface area contributed by atoms with Gasteiger partial charge in [0.1, 0.15) is 12.2 Å². The summed E-state index contributed by atoms with van der Waals surface area (Å²) in [5.74, 6) is -0.601. The van der Waals surface area contributed by atoms with E-state index in [1.807, 2.05) is 0 Å². The van der Waals surface area contributed by atoms with E-state index in [0.717, 1.165) is 44.9 Å². The average molecular weight is 582 g/mol. The highest BCUT2D eigenvalue weighted by molar-refractivity contribution is 5.80. The van der Waals surface area contributed by atoms with Crippen LogP contribution in [0.1, 0.15) is 162 Å². The van der Waals surface area contributed by atoms with Gasteiger partial charge in [0.15, 0.2) is 0 Å². The van der Waals surface area contributed by atoms with Gasteiger partial charge in [0.05, 0.1) is 18.8 Å². The Labute approximate surface area is 253 Å². The first-order valence-corrected chi connectivity index (χ1v) is 17.2. The molecule has 0 radical (unpaired) electrons. The fourth-order valence-corrected chi connectivity index (χ4v) is 5.13. The molecule has 0 bridgehead atoms. The standard InChI is InChI=1S/C35H67NO5/c1-3-5-7-9-11-13-14-15-16-17-18-19-21-23-25-27-29-33(39)35(41)36-31(30-37)34(40)32(38)28-26-24-22-20-12-10-8-6-4-2/h6,8,20,22,31-34,37-40H,3-5,7,9-19,21,23-30H2,1-2H3,(H,36,41)/b8-6+,22-20+. The normalized spacial score (nSPS) is 15.0. The van der Waals surface area contributed by atoms with Crippen molar-refractivity contribution in [1.29, 1.82) is 0 Å². The van der Waals surface area contributed by atoms with Gasteiger partial charge in [-0.25, -0.2) is 0 Å². The molecular formula is C35H67NO5. The van der Waals surface area contributed by atoms with Crippen molar-refractivity contribution in [3.05, 3.63) is 24.3 Å². The number of carbonyl (C=O) groups is 1. The first-order chi connectivity index (χ1) is 20.0. The largest absolute Gasteiger partial charge is 0.394 e. The second-order valence-corrected chi connectivity index (χ2v) is 11.8. The van der Waals surface area contributed by atoms with E-state index in [1.165, 1.54) is 83.5 Å². The summed E-state index contributed by atoms with van der Waals surface area (Å²) in [7, 11) is 0. The maximum Gasteiger partial charge on any atom is 0.249 e. The van der Waals surface area contributed by atoms with Gasteiger partial charge in [-0.3, -0.25) is 4.79 Å². The Morgan fingerprint density at radius 1 is 0.610 bits per heavy atom. The lowest BCUT2D eigenvalue weighted by Crippen LogP contribution is -2.53. The number of hydrogen-bond donors (Lipinski definition) is 5. The molecule has 4 unspecified atom stereocenters. The highest BCUT2D eigenvalue weighted by Gasteiger charge is 2.28. The quantitative estimate of drug-likeness (QED) is 0.0442. The number of aliphatic hydroxyl groups excluding tert-OH is 4. The van der Waals surface area contributed by atoms with Crippen LogP contribution in [0.5, 0.6) is 0 Å². The third kappa shape index (κ3) is 25.0. The number of carbonyl (C=O) groups excluding carboxylic acids is 1. The molecule has 0 aromatic carbocycles. The van der Waals surface area contributed by atoms with E-state index in [1.54, 1.807) is 0 Å². The molecule has 0 aromatic heterocycles. The highest BCUT2D eigenvalue weighted by Crippen LogP contribution is 2.15. The molecule has 41 heavy (non-hydrogen) atoms. The number of nitrogens with one attached hydrogen (secondary N) is 1. The van der Waals surface area contributed by atoms with Crippen LogP contribution in [0.25, 0.3) is 0 Å². The number of hydrogen-bond acceptors (Lipinski definition) is 5. The van der Waals surface area contributed by atoms with Gasteiger partial charge in [0.25, 0.3) is 0 Å². The zero-order valence-corrected chi connectivity index (χ0v) is 26.8. The average Bonchev–Trinajstić information content (AvgIpc) is 2.98. The number of unbranched alkanes of at least 4 members (excludes halogenated alkanes) is 17. The third-order valence-electron chi connectivity index (χ3n) is 7.90. The van der Waals surface area contributed by atoms with Crippen LogP contribution in [-0.4, -0.2) is 57.3 Å². The number of rotatable bonds is 30. The van der Waals surface area contributed by atoms with Crippen LogP contribution in [0.15, 0.2) is 24.3 Å². The summed E-state index contributed by atoms with van der Waals surface area (Å²) >= 11 is 0. The Morgan fingerprint density at radius 3 is 1.56 bits per heavy atom. The van der Waals surface area contributed by atoms with Crippen molar-refractivity contribution in [2.45, 2.75) is 186 Å². The second-order valence-electron chi connectivity index (χ2n) is 11.8. The molecule has 1 amide bonds. The van der Waals surface area contributed by atoms with Crippen LogP contribution >= 0.6 is 0 Å². The number of aliphatic hydroxyl groups is 4. The molecular weight excluding hydrogens is 514 g/mol. The molecule has 0 rings (SSSR count). The molecule has 0 aliphatic rings. The van der Waals surface area contributed by atoms with Gasteiger partial charge in [-0.15, -0.1) is 0 Å². The molecule has 0 spiro atoms. The number of allylic oxidation sites excluding steroid dienone is 4. The zero-order chi connectivity index (χ0) is 30.4. The lowest BCUT2D eigenvalue weighted by molar-refractivity contribution is -0.132. The summed E-state index contributed by atoms with van der Waals surface area (Å²) in [5.41, 5.74) is 0. The van der Waals surface area contributed by atoms with Gasteiger partial charge < -0.3 is 25.7 Å². The molecule has 0 aliphatic carbocycles. The fraction of sp³-hybridized carbons (Fsp3) is 0.857. The first-order valence-electron chi connectivity index (χ1n) is 17.2. The van der Waals surface area contributed by atoms with Crippen LogP contribution in [0.4, 0.5) is 0 Å². The summed E-state index contributed by atoms with van der Waals surface area (Å²) < 4.78 is 0. The van der Waals surface area contributed by atoms with Crippen molar-refractivity contribution >= 4 is 5.91 Å². The van der Waals surface area contributed by atoms with E-state index in [0.29, 0.717) is 19.3 Å². The minimum atomic E-state index is -1.28. The van der Waals surface area contributed by atoms with E-state index in [4.69, 9.17) is 0 Å². The van der Waals surface area contributed by atoms with Crippen molar-refractivity contribution in [3.8, 4) is 0 Å². The van der Waals surface area contributed by atoms with Crippen molar-refractivity contribution < 1.29 is 25.2 Å². The van der Waals surface area contributed by atoms with Crippen LogP contribution in [-0.2, 0) is 4.79 Å². The Bertz CT molecular complexity index is 624. The summed E-state index contributed by atoms with van der Waals surface area (Å²) in [5, 5.41) is 43.2. The maximum atomic E-state index is 12.4. The molecule has 6 nitrogen and oxygen atoms in total. The lowest BCUT2D eigenvalue weighted by atomic mass is 10.00. The Balaban J connectivity index is 3.83. The fourth-order valence-electron chi connectivity index (χ4n) is 5.13. The minimum Gasteiger partial charge on any atom is -0.394 e. The smallest absolute Gasteiger partial charge is 0.249 e. The third-order valence-corrected chi connectivity index (χ3v) is 7.90. The topological polar surface area (TPSA) is 110 Å². The van der Waals surface area contributed by atoms with Crippen molar-refractivity contribution in [2.24, 2.45) is 0 Å². The maximum absolute atomic E-state index is 12.4. The molecule has 0 saturated heterocycles. The Morgan fingerprint density at radius 2 is 1.07 bits per heavy atom. The van der Waals surface area contributed by atoms with Gasteiger partial charge in [0.2, 0.25) is 5.91 Å². The van der Waals surface area contributed by atoms with Crippen LogP contribution in [0, 0.1) is 0 Å². The predicted octanol–water partition coefficient (Wildman–Crippen LogP) is 7.67. The highest BCUT2D eigenvalue weighted by atomic mass is 16.3. The van der Waals surface area contributed by atoms with Gasteiger partial charge in [-0.05, 0) is 44.9 Å². The van der Waals surface area contributed by atoms with E-state index in [9.17, 15) is 25.2 Å². The monoisotopic (exact) mass is 582 g/mol. The number of amides is 1. The van der Waals surface area contributed by atoms with E-state index in [2.05, 4.69) is 43.5 Å². The van der Waals surface area contributed by atoms with E-state index in [-0.39, 0.29) is 0 Å². The van der Waals surface area contributed by atoms with Gasteiger partial charge >= 0.3 is 0 Å². The molecule has 4 atom stereocenters. The van der Waals surface area contributed by atoms with Crippen molar-refractivity contribution in [2.75, 3.05) is 6.61 Å². The van der Waals surface area contributed by atoms with Crippen molar-refractivity contribution in [1.82, 2.24) is 5.32 Å². The SMILES string of the molecule is CC/C=C/CC/C=C/CCCC(O)C(O)C(CO)NC(=O)C(O)CCCCCCCCCCCCCCCCCC. The molecule has 0 heterocycles. The molecule has 0 aromatic rings. The van der Waals surface area contributed by atoms with Crippen LogP contribution in [0.2, 0.25) is 0 Å². The predicted molar refractivity (Wildman–Crippen MR) is 173 cm³/mol. The molecule has 0 fully saturated rings. The summed E-state index contributed by atoms with van der Waals surface area (Å²) in [6.07, 6.45) is 30.7. The Kier molecular flexibility index (Phi) is 29.4. The molecule has 5 N–H and O–H groups in total.